The van der Waals surface area contributed by atoms with E-state index in [1.165, 1.54) is 6.29 Å². The summed E-state index contributed by atoms with van der Waals surface area (Å²) in [5, 5.41) is 0. The van der Waals surface area contributed by atoms with Gasteiger partial charge in [-0.3, -0.25) is 4.79 Å². The van der Waals surface area contributed by atoms with Crippen molar-refractivity contribution in [1.29, 1.82) is 0 Å². The van der Waals surface area contributed by atoms with Gasteiger partial charge in [0.2, 0.25) is 6.29 Å². The standard InChI is InChI=1S/C2H2ClO.Al.3ClH/c3-1-2-4;;;;/h1H2;;3*1H/q;+3;;;/p-3. The van der Waals surface area contributed by atoms with Gasteiger partial charge in [-0.25, -0.2) is 30.1 Å². The van der Waals surface area contributed by atoms with E-state index < -0.39 is 11.4 Å². The molecule has 0 aliphatic rings. The highest BCUT2D eigenvalue weighted by atomic mass is 35.8. The predicted molar refractivity (Wildman–Crippen MR) is 39.7 cm³/mol. The Labute approximate surface area is 69.9 Å². The van der Waals surface area contributed by atoms with Gasteiger partial charge in [0.1, 0.15) is 0 Å². The van der Waals surface area contributed by atoms with Gasteiger partial charge < -0.3 is 0 Å². The van der Waals surface area contributed by atoms with E-state index in [4.69, 9.17) is 46.5 Å². The molecule has 1 nitrogen and oxygen atoms in total. The second-order valence-corrected chi connectivity index (χ2v) is 7.23. The SMILES string of the molecule is O=[C]CCl.[Cl][Al]([Cl])[Cl]. The summed E-state index contributed by atoms with van der Waals surface area (Å²) in [5.74, 6) is -0.0139. The van der Waals surface area contributed by atoms with Crippen molar-refractivity contribution in [2.45, 2.75) is 0 Å². The van der Waals surface area contributed by atoms with Crippen molar-refractivity contribution < 1.29 is 4.79 Å². The zero-order valence-electron chi connectivity index (χ0n) is 3.70. The summed E-state index contributed by atoms with van der Waals surface area (Å²) in [5.41, 5.74) is 0. The summed E-state index contributed by atoms with van der Waals surface area (Å²) in [4.78, 5) is 8.92. The molecule has 0 aliphatic carbocycles. The number of carbonyl (C=O) groups excluding carboxylic acids is 1. The summed E-state index contributed by atoms with van der Waals surface area (Å²) >= 11 is 3.04. The molecule has 0 aromatic rings. The monoisotopic (exact) mass is 209 g/mol. The molecular weight excluding hydrogens is 209 g/mol. The molecule has 0 aromatic carbocycles. The number of rotatable bonds is 1. The molecule has 0 unspecified atom stereocenters. The van der Waals surface area contributed by atoms with E-state index in [0.717, 1.165) is 0 Å². The van der Waals surface area contributed by atoms with E-state index in [-0.39, 0.29) is 5.88 Å². The van der Waals surface area contributed by atoms with Crippen molar-refractivity contribution in [3.05, 3.63) is 0 Å². The molecule has 47 valence electrons. The van der Waals surface area contributed by atoms with Crippen LogP contribution in [-0.4, -0.2) is 23.6 Å². The molecule has 1 radical (unpaired) electrons. The molecular formula is C2H2AlCl4O. The summed E-state index contributed by atoms with van der Waals surface area (Å²) in [6.07, 6.45) is 1.45. The minimum absolute atomic E-state index is 0.0139. The lowest BCUT2D eigenvalue weighted by Crippen LogP contribution is -1.66. The zero-order valence-corrected chi connectivity index (χ0v) is 7.88. The van der Waals surface area contributed by atoms with E-state index in [0.29, 0.717) is 0 Å². The Balaban J connectivity index is 0. The third-order valence-electron chi connectivity index (χ3n) is 0.0546. The van der Waals surface area contributed by atoms with Crippen LogP contribution in [-0.2, 0) is 4.79 Å². The van der Waals surface area contributed by atoms with Gasteiger partial charge in [-0.15, -0.1) is 11.6 Å². The minimum Gasteiger partial charge on any atom is -0.289 e. The van der Waals surface area contributed by atoms with Crippen molar-refractivity contribution in [2.24, 2.45) is 0 Å². The number of alkyl halides is 1. The molecule has 0 saturated heterocycles. The van der Waals surface area contributed by atoms with Crippen molar-refractivity contribution in [1.82, 2.24) is 0 Å². The second kappa shape index (κ2) is 11.2. The van der Waals surface area contributed by atoms with Crippen LogP contribution in [0.5, 0.6) is 0 Å². The molecule has 0 rings (SSSR count). The fourth-order valence-corrected chi connectivity index (χ4v) is 0. The Morgan fingerprint density at radius 1 is 1.38 bits per heavy atom. The maximum absolute atomic E-state index is 8.92. The van der Waals surface area contributed by atoms with Crippen LogP contribution in [0.15, 0.2) is 0 Å². The molecule has 0 amide bonds. The molecule has 0 bridgehead atoms. The maximum Gasteiger partial charge on any atom is 0.643 e. The first-order chi connectivity index (χ1) is 3.65. The average Bonchev–Trinajstić information content (AvgIpc) is 1.65. The predicted octanol–water partition coefficient (Wildman–Crippen LogP) is 2.02. The Hall–Kier alpha value is 1.36. The first-order valence-corrected chi connectivity index (χ1v) is 7.25. The summed E-state index contributed by atoms with van der Waals surface area (Å²) in [7, 11) is 14.8. The van der Waals surface area contributed by atoms with Crippen LogP contribution in [0, 0.1) is 0 Å². The molecule has 0 atom stereocenters. The second-order valence-electron chi connectivity index (χ2n) is 0.525. The molecule has 0 heterocycles. The van der Waals surface area contributed by atoms with Gasteiger partial charge >= 0.3 is 11.4 Å². The Morgan fingerprint density at radius 3 is 1.50 bits per heavy atom. The minimum atomic E-state index is -1.72. The Kier molecular flexibility index (Phi) is 16.9. The highest BCUT2D eigenvalue weighted by Gasteiger charge is 2.00. The zero-order chi connectivity index (χ0) is 6.99. The van der Waals surface area contributed by atoms with Gasteiger partial charge in [-0.1, -0.05) is 0 Å². The van der Waals surface area contributed by atoms with Crippen LogP contribution in [0.2, 0.25) is 0 Å². The molecule has 0 saturated carbocycles. The summed E-state index contributed by atoms with van der Waals surface area (Å²) in [6.45, 7) is 0. The van der Waals surface area contributed by atoms with Gasteiger partial charge in [-0.2, -0.15) is 0 Å². The van der Waals surface area contributed by atoms with Crippen LogP contribution in [0.4, 0.5) is 0 Å². The number of halogens is 4. The number of hydrogen-bond acceptors (Lipinski definition) is 1. The average molecular weight is 211 g/mol. The lowest BCUT2D eigenvalue weighted by Gasteiger charge is -1.57. The van der Waals surface area contributed by atoms with Gasteiger partial charge in [0.05, 0.1) is 5.88 Å². The van der Waals surface area contributed by atoms with E-state index in [2.05, 4.69) is 0 Å². The highest BCUT2D eigenvalue weighted by molar-refractivity contribution is 7.54. The first-order valence-electron chi connectivity index (χ1n) is 1.48. The Bertz CT molecular complexity index is 46.5. The third-order valence-corrected chi connectivity index (χ3v) is 0.164. The van der Waals surface area contributed by atoms with Crippen LogP contribution in [0.3, 0.4) is 0 Å². The molecule has 0 spiro atoms. The third kappa shape index (κ3) is 53.4. The fraction of sp³-hybridized carbons (Fsp3) is 0.500. The maximum atomic E-state index is 8.92. The van der Waals surface area contributed by atoms with Gasteiger partial charge in [0.25, 0.3) is 0 Å². The van der Waals surface area contributed by atoms with E-state index in [1.54, 1.807) is 0 Å². The van der Waals surface area contributed by atoms with Gasteiger partial charge in [0.15, 0.2) is 0 Å². The fourth-order valence-electron chi connectivity index (χ4n) is 0. The van der Waals surface area contributed by atoms with Crippen LogP contribution < -0.4 is 0 Å². The summed E-state index contributed by atoms with van der Waals surface area (Å²) in [6, 6.07) is 0. The lowest BCUT2D eigenvalue weighted by molar-refractivity contribution is 0.560. The smallest absolute Gasteiger partial charge is 0.289 e. The lowest BCUT2D eigenvalue weighted by atomic mass is 10.9. The van der Waals surface area contributed by atoms with Gasteiger partial charge in [0, 0.05) is 0 Å². The quantitative estimate of drug-likeness (QED) is 0.478. The largest absolute Gasteiger partial charge is 0.643 e. The molecule has 0 aliphatic heterocycles. The normalized spacial score (nSPS) is 6.50. The molecule has 0 fully saturated rings. The van der Waals surface area contributed by atoms with Crippen molar-refractivity contribution in [2.75, 3.05) is 5.88 Å². The summed E-state index contributed by atoms with van der Waals surface area (Å²) < 4.78 is 0. The highest BCUT2D eigenvalue weighted by Crippen LogP contribution is 1.97. The Morgan fingerprint density at radius 2 is 1.50 bits per heavy atom. The van der Waals surface area contributed by atoms with E-state index >= 15 is 0 Å². The van der Waals surface area contributed by atoms with Crippen molar-refractivity contribution >= 4 is 59.4 Å². The molecule has 6 heteroatoms. The topological polar surface area (TPSA) is 17.1 Å². The number of hydrogen-bond donors (Lipinski definition) is 0. The van der Waals surface area contributed by atoms with Crippen molar-refractivity contribution in [3.8, 4) is 0 Å². The van der Waals surface area contributed by atoms with Crippen LogP contribution >= 0.6 is 41.7 Å². The van der Waals surface area contributed by atoms with E-state index in [9.17, 15) is 0 Å². The van der Waals surface area contributed by atoms with E-state index in [1.807, 2.05) is 0 Å². The van der Waals surface area contributed by atoms with Crippen molar-refractivity contribution in [3.63, 3.8) is 0 Å². The molecule has 8 heavy (non-hydrogen) atoms. The van der Waals surface area contributed by atoms with Gasteiger partial charge in [-0.05, 0) is 0 Å². The molecule has 0 N–H and O–H groups in total. The van der Waals surface area contributed by atoms with Crippen LogP contribution in [0.25, 0.3) is 0 Å². The molecule has 0 aromatic heterocycles. The van der Waals surface area contributed by atoms with Crippen LogP contribution in [0.1, 0.15) is 0 Å². The first kappa shape index (κ1) is 12.1.